The summed E-state index contributed by atoms with van der Waals surface area (Å²) in [7, 11) is 0. The molecule has 0 amide bonds. The first kappa shape index (κ1) is 27.3. The maximum atomic E-state index is 11.5. The zero-order valence-corrected chi connectivity index (χ0v) is 23.5. The molecule has 2 N–H and O–H groups in total. The summed E-state index contributed by atoms with van der Waals surface area (Å²) in [5.41, 5.74) is 4.53. The van der Waals surface area contributed by atoms with Crippen molar-refractivity contribution >= 4 is 48.0 Å². The van der Waals surface area contributed by atoms with Crippen LogP contribution >= 0.6 is 0 Å². The third kappa shape index (κ3) is 7.05. The first-order chi connectivity index (χ1) is 20.6. The highest BCUT2D eigenvalue weighted by molar-refractivity contribution is 6.17. The zero-order valence-electron chi connectivity index (χ0n) is 23.5. The Bertz CT molecular complexity index is 1750. The van der Waals surface area contributed by atoms with Crippen LogP contribution in [0.3, 0.4) is 0 Å². The van der Waals surface area contributed by atoms with Crippen LogP contribution in [0.25, 0.3) is 36.5 Å². The summed E-state index contributed by atoms with van der Waals surface area (Å²) < 4.78 is 0. The van der Waals surface area contributed by atoms with Crippen LogP contribution in [0.2, 0.25) is 0 Å². The van der Waals surface area contributed by atoms with E-state index >= 15 is 0 Å². The van der Waals surface area contributed by atoms with Gasteiger partial charge in [0.2, 0.25) is 0 Å². The second-order valence-corrected chi connectivity index (χ2v) is 10.9. The molecule has 0 radical (unpaired) electrons. The average molecular weight is 551 g/mol. The lowest BCUT2D eigenvalue weighted by Crippen LogP contribution is -3.04. The van der Waals surface area contributed by atoms with E-state index in [1.165, 1.54) is 20.9 Å². The minimum absolute atomic E-state index is 0.0464. The van der Waals surface area contributed by atoms with E-state index < -0.39 is 0 Å². The quantitative estimate of drug-likeness (QED) is 0.509. The molecule has 2 aromatic rings. The normalized spacial score (nSPS) is 20.9. The Kier molecular flexibility index (Phi) is 8.27. The number of carbonyl (C=O) groups excluding carboxylic acids is 2. The van der Waals surface area contributed by atoms with Crippen LogP contribution in [0.1, 0.15) is 24.0 Å². The highest BCUT2D eigenvalue weighted by Crippen LogP contribution is 2.04. The number of rotatable bonds is 7. The van der Waals surface area contributed by atoms with Crippen LogP contribution in [-0.2, 0) is 9.59 Å². The largest absolute Gasteiger partial charge is 0.290 e. The fraction of sp³-hybridized carbons (Fsp3) is 0.105. The molecule has 4 heteroatoms. The Morgan fingerprint density at radius 1 is 0.500 bits per heavy atom. The summed E-state index contributed by atoms with van der Waals surface area (Å²) in [6, 6.07) is 12.3. The lowest BCUT2D eigenvalue weighted by molar-refractivity contribution is -0.799. The van der Waals surface area contributed by atoms with Crippen LogP contribution < -0.4 is 30.7 Å². The van der Waals surface area contributed by atoms with Gasteiger partial charge in [0.05, 0.1) is 37.9 Å². The molecule has 2 aliphatic heterocycles. The van der Waals surface area contributed by atoms with Gasteiger partial charge in [-0.25, -0.2) is 0 Å². The summed E-state index contributed by atoms with van der Waals surface area (Å²) in [4.78, 5) is 25.8. The number of unbranched alkanes of at least 4 members (excludes halogenated alkanes) is 1. The molecule has 4 nitrogen and oxygen atoms in total. The van der Waals surface area contributed by atoms with Crippen molar-refractivity contribution in [1.29, 1.82) is 0 Å². The van der Waals surface area contributed by atoms with Gasteiger partial charge in [-0.3, -0.25) is 19.4 Å². The summed E-state index contributed by atoms with van der Waals surface area (Å²) in [5.74, 6) is 0.0928. The average Bonchev–Trinajstić information content (AvgIpc) is 3.02. The van der Waals surface area contributed by atoms with Crippen LogP contribution in [0, 0.1) is 0 Å². The van der Waals surface area contributed by atoms with E-state index in [-0.39, 0.29) is 11.6 Å². The van der Waals surface area contributed by atoms with Gasteiger partial charge >= 0.3 is 0 Å². The molecule has 0 aromatic heterocycles. The lowest BCUT2D eigenvalue weighted by atomic mass is 10.0. The van der Waals surface area contributed by atoms with Crippen molar-refractivity contribution in [2.45, 2.75) is 12.8 Å². The highest BCUT2D eigenvalue weighted by Gasteiger charge is 2.09. The second kappa shape index (κ2) is 12.7. The fourth-order valence-corrected chi connectivity index (χ4v) is 5.33. The van der Waals surface area contributed by atoms with Gasteiger partial charge in [-0.15, -0.1) is 0 Å². The van der Waals surface area contributed by atoms with Crippen molar-refractivity contribution in [1.82, 2.24) is 0 Å². The van der Waals surface area contributed by atoms with Gasteiger partial charge in [-0.05, 0) is 104 Å². The van der Waals surface area contributed by atoms with E-state index in [4.69, 9.17) is 0 Å². The standard InChI is InChI=1S/C38H32N2O2/c41-37-13-11-33-25-31(7-9-35(33)27-37)5-3-29-15-21-39(22-16-29)19-1-2-20-40-23-17-30(18-24-40)4-6-32-8-10-36-28-38(42)14-12-34(36)26-32/h3-18,21-28H,1-2,19-20H2/p+2. The highest BCUT2D eigenvalue weighted by atomic mass is 16.1. The number of hydrogen-bond donors (Lipinski definition) is 2. The molecule has 0 bridgehead atoms. The van der Waals surface area contributed by atoms with Crippen molar-refractivity contribution in [3.05, 3.63) is 153 Å². The third-order valence-electron chi connectivity index (χ3n) is 7.75. The molecule has 0 saturated carbocycles. The van der Waals surface area contributed by atoms with E-state index in [0.29, 0.717) is 0 Å². The van der Waals surface area contributed by atoms with Gasteiger partial charge in [-0.1, -0.05) is 60.7 Å². The number of carbonyl (C=O) groups is 2. The first-order valence-electron chi connectivity index (χ1n) is 14.5. The predicted molar refractivity (Wildman–Crippen MR) is 171 cm³/mol. The van der Waals surface area contributed by atoms with Crippen molar-refractivity contribution in [3.8, 4) is 0 Å². The Morgan fingerprint density at radius 2 is 0.929 bits per heavy atom. The van der Waals surface area contributed by atoms with Crippen molar-refractivity contribution in [2.75, 3.05) is 13.1 Å². The molecule has 6 rings (SSSR count). The summed E-state index contributed by atoms with van der Waals surface area (Å²) in [6.07, 6.45) is 38.9. The van der Waals surface area contributed by atoms with Gasteiger partial charge in [0.25, 0.3) is 0 Å². The molecule has 0 saturated heterocycles. The second-order valence-electron chi connectivity index (χ2n) is 10.9. The predicted octanol–water partition coefficient (Wildman–Crippen LogP) is 1.19. The minimum Gasteiger partial charge on any atom is -0.290 e. The monoisotopic (exact) mass is 550 g/mol. The van der Waals surface area contributed by atoms with Crippen LogP contribution in [0.5, 0.6) is 0 Å². The van der Waals surface area contributed by atoms with Crippen LogP contribution in [0.15, 0.2) is 121 Å². The van der Waals surface area contributed by atoms with Crippen LogP contribution in [0.4, 0.5) is 0 Å². The zero-order chi connectivity index (χ0) is 28.7. The molecule has 0 unspecified atom stereocenters. The molecule has 0 atom stereocenters. The maximum absolute atomic E-state index is 11.5. The van der Waals surface area contributed by atoms with Crippen molar-refractivity contribution < 1.29 is 19.4 Å². The third-order valence-corrected chi connectivity index (χ3v) is 7.75. The summed E-state index contributed by atoms with van der Waals surface area (Å²) in [5, 5.41) is 4.21. The molecule has 4 aliphatic rings. The lowest BCUT2D eigenvalue weighted by Gasteiger charge is -2.15. The van der Waals surface area contributed by atoms with Crippen molar-refractivity contribution in [2.24, 2.45) is 0 Å². The number of quaternary nitrogens is 2. The van der Waals surface area contributed by atoms with Gasteiger partial charge in [-0.2, -0.15) is 0 Å². The number of allylic oxidation sites excluding steroid dienone is 10. The Morgan fingerprint density at radius 3 is 1.36 bits per heavy atom. The van der Waals surface area contributed by atoms with Gasteiger partial charge in [0.15, 0.2) is 11.6 Å². The van der Waals surface area contributed by atoms with Crippen molar-refractivity contribution in [3.63, 3.8) is 0 Å². The van der Waals surface area contributed by atoms with E-state index in [0.717, 1.165) is 57.9 Å². The van der Waals surface area contributed by atoms with E-state index in [1.807, 2.05) is 24.3 Å². The number of ketones is 2. The van der Waals surface area contributed by atoms with Gasteiger partial charge in [0.1, 0.15) is 0 Å². The first-order valence-corrected chi connectivity index (χ1v) is 14.5. The molecule has 0 fully saturated rings. The van der Waals surface area contributed by atoms with E-state index in [9.17, 15) is 9.59 Å². The number of nitrogens with one attached hydrogen (secondary N) is 2. The molecular formula is C38H34N2O2+2. The fourth-order valence-electron chi connectivity index (χ4n) is 5.33. The molecule has 2 heterocycles. The molecule has 2 aromatic carbocycles. The number of fused-ring (bicyclic) bond motifs is 2. The topological polar surface area (TPSA) is 43.0 Å². The summed E-state index contributed by atoms with van der Waals surface area (Å²) in [6.45, 7) is 2.16. The van der Waals surface area contributed by atoms with Gasteiger partial charge < -0.3 is 0 Å². The summed E-state index contributed by atoms with van der Waals surface area (Å²) >= 11 is 0. The van der Waals surface area contributed by atoms with Crippen LogP contribution in [-0.4, -0.2) is 24.7 Å². The van der Waals surface area contributed by atoms with Gasteiger partial charge in [0, 0.05) is 12.8 Å². The molecular weight excluding hydrogens is 516 g/mol. The molecule has 42 heavy (non-hydrogen) atoms. The Balaban J connectivity index is 0.946. The SMILES string of the molecule is O=C1C=Cc2cc(=CC=C3C=C[NH+](CCCC[NH+]4C=CC(=CC=c5ccc6c(c5)C=CC(=O)C=6)C=C4)C=C3)ccc2=C1. The minimum atomic E-state index is 0.0464. The maximum Gasteiger partial charge on any atom is 0.179 e. The van der Waals surface area contributed by atoms with E-state index in [1.54, 1.807) is 24.3 Å². The smallest absolute Gasteiger partial charge is 0.179 e. The number of hydrogen-bond acceptors (Lipinski definition) is 2. The number of benzene rings is 2. The molecule has 0 spiro atoms. The Hall–Kier alpha value is -4.90. The molecule has 206 valence electrons. The molecule has 2 aliphatic carbocycles. The Labute approximate surface area is 246 Å². The van der Waals surface area contributed by atoms with E-state index in [2.05, 4.69) is 97.7 Å².